The Morgan fingerprint density at radius 2 is 1.77 bits per heavy atom. The van der Waals surface area contributed by atoms with E-state index in [1.54, 1.807) is 32.4 Å². The quantitative estimate of drug-likeness (QED) is 0.286. The SMILES string of the molecule is COc1cc(COC(=O)C2=C(CBr)CS[C@@H]3C(NC(=O)Cc4ccccc4)C(=O)N23)cc(OC)c1. The number of fused-ring (bicyclic) bond motifs is 1. The Hall–Kier alpha value is -2.98. The van der Waals surface area contributed by atoms with Gasteiger partial charge in [0.15, 0.2) is 0 Å². The van der Waals surface area contributed by atoms with Crippen LogP contribution in [0, 0.1) is 0 Å². The summed E-state index contributed by atoms with van der Waals surface area (Å²) in [5.74, 6) is 0.559. The maximum atomic E-state index is 13.1. The Kier molecular flexibility index (Phi) is 8.02. The van der Waals surface area contributed by atoms with Crippen LogP contribution in [0.1, 0.15) is 11.1 Å². The van der Waals surface area contributed by atoms with Gasteiger partial charge in [-0.3, -0.25) is 14.5 Å². The first kappa shape index (κ1) is 25.1. The molecule has 1 N–H and O–H groups in total. The van der Waals surface area contributed by atoms with Crippen LogP contribution in [0.15, 0.2) is 59.8 Å². The zero-order chi connectivity index (χ0) is 24.9. The molecule has 4 rings (SSSR count). The third-order valence-electron chi connectivity index (χ3n) is 5.71. The summed E-state index contributed by atoms with van der Waals surface area (Å²) in [6.45, 7) is -0.0114. The second-order valence-electron chi connectivity index (χ2n) is 8.00. The summed E-state index contributed by atoms with van der Waals surface area (Å²) >= 11 is 4.93. The van der Waals surface area contributed by atoms with Crippen LogP contribution in [0.3, 0.4) is 0 Å². The largest absolute Gasteiger partial charge is 0.497 e. The second kappa shape index (κ2) is 11.2. The molecule has 2 heterocycles. The maximum Gasteiger partial charge on any atom is 0.355 e. The van der Waals surface area contributed by atoms with E-state index in [0.717, 1.165) is 11.1 Å². The number of methoxy groups -OCH3 is 2. The monoisotopic (exact) mass is 560 g/mol. The number of esters is 1. The van der Waals surface area contributed by atoms with Gasteiger partial charge >= 0.3 is 5.97 Å². The molecule has 184 valence electrons. The molecule has 0 spiro atoms. The normalized spacial score (nSPS) is 18.9. The van der Waals surface area contributed by atoms with E-state index in [1.807, 2.05) is 30.3 Å². The number of β-lactam (4-membered cyclic amide) rings is 1. The zero-order valence-corrected chi connectivity index (χ0v) is 21.7. The van der Waals surface area contributed by atoms with Gasteiger partial charge < -0.3 is 19.5 Å². The summed E-state index contributed by atoms with van der Waals surface area (Å²) in [7, 11) is 3.09. The Labute approximate surface area is 216 Å². The summed E-state index contributed by atoms with van der Waals surface area (Å²) in [6, 6.07) is 13.9. The minimum atomic E-state index is -0.682. The summed E-state index contributed by atoms with van der Waals surface area (Å²) < 4.78 is 16.1. The van der Waals surface area contributed by atoms with Gasteiger partial charge in [0.25, 0.3) is 5.91 Å². The molecule has 0 aliphatic carbocycles. The number of nitrogens with zero attached hydrogens (tertiary/aromatic N) is 1. The van der Waals surface area contributed by atoms with Crippen molar-refractivity contribution in [3.05, 3.63) is 70.9 Å². The Bertz CT molecular complexity index is 1130. The van der Waals surface area contributed by atoms with Crippen LogP contribution in [-0.2, 0) is 32.1 Å². The average molecular weight is 561 g/mol. The molecule has 2 aliphatic heterocycles. The molecule has 1 fully saturated rings. The predicted octanol–water partition coefficient (Wildman–Crippen LogP) is 3.04. The lowest BCUT2D eigenvalue weighted by molar-refractivity contribution is -0.153. The fraction of sp³-hybridized carbons (Fsp3) is 0.320. The smallest absolute Gasteiger partial charge is 0.355 e. The van der Waals surface area contributed by atoms with E-state index in [4.69, 9.17) is 14.2 Å². The van der Waals surface area contributed by atoms with Crippen molar-refractivity contribution >= 4 is 45.5 Å². The van der Waals surface area contributed by atoms with Gasteiger partial charge in [0.2, 0.25) is 5.91 Å². The molecule has 2 atom stereocenters. The molecule has 8 nitrogen and oxygen atoms in total. The molecule has 1 saturated heterocycles. The minimum Gasteiger partial charge on any atom is -0.497 e. The van der Waals surface area contributed by atoms with E-state index in [-0.39, 0.29) is 35.9 Å². The van der Waals surface area contributed by atoms with Crippen LogP contribution in [-0.4, -0.2) is 59.4 Å². The fourth-order valence-electron chi connectivity index (χ4n) is 3.95. The molecular formula is C25H25BrN2O6S. The third kappa shape index (κ3) is 5.48. The van der Waals surface area contributed by atoms with Gasteiger partial charge in [-0.05, 0) is 28.8 Å². The van der Waals surface area contributed by atoms with E-state index in [0.29, 0.717) is 28.1 Å². The first-order chi connectivity index (χ1) is 16.9. The second-order valence-corrected chi connectivity index (χ2v) is 9.67. The topological polar surface area (TPSA) is 94.2 Å². The van der Waals surface area contributed by atoms with E-state index >= 15 is 0 Å². The standard InChI is InChI=1S/C25H25BrN2O6S/c1-32-18-8-16(9-19(11-18)33-2)13-34-25(31)22-17(12-26)14-35-24-21(23(30)28(22)24)27-20(29)10-15-6-4-3-5-7-15/h3-9,11,21,24H,10,12-14H2,1-2H3,(H,27,29)/t21?,24-/m1/s1. The van der Waals surface area contributed by atoms with E-state index in [1.165, 1.54) is 16.7 Å². The number of nitrogens with one attached hydrogen (secondary N) is 1. The molecule has 0 saturated carbocycles. The molecule has 1 unspecified atom stereocenters. The van der Waals surface area contributed by atoms with Gasteiger partial charge in [0, 0.05) is 17.1 Å². The number of ether oxygens (including phenoxy) is 3. The lowest BCUT2D eigenvalue weighted by atomic mass is 10.0. The number of carbonyl (C=O) groups excluding carboxylic acids is 3. The highest BCUT2D eigenvalue weighted by Crippen LogP contribution is 2.41. The summed E-state index contributed by atoms with van der Waals surface area (Å²) in [6.07, 6.45) is 0.184. The van der Waals surface area contributed by atoms with Crippen LogP contribution in [0.25, 0.3) is 0 Å². The Morgan fingerprint density at radius 3 is 2.40 bits per heavy atom. The Balaban J connectivity index is 1.43. The molecule has 0 bridgehead atoms. The van der Waals surface area contributed by atoms with Gasteiger partial charge in [-0.15, -0.1) is 11.8 Å². The van der Waals surface area contributed by atoms with Crippen molar-refractivity contribution in [2.24, 2.45) is 0 Å². The van der Waals surface area contributed by atoms with Crippen molar-refractivity contribution in [2.75, 3.05) is 25.3 Å². The van der Waals surface area contributed by atoms with E-state index in [2.05, 4.69) is 21.2 Å². The van der Waals surface area contributed by atoms with Crippen molar-refractivity contribution in [3.8, 4) is 11.5 Å². The van der Waals surface area contributed by atoms with Gasteiger partial charge in [0.1, 0.15) is 35.2 Å². The Morgan fingerprint density at radius 1 is 1.09 bits per heavy atom. The number of alkyl halides is 1. The molecule has 35 heavy (non-hydrogen) atoms. The average Bonchev–Trinajstić information content (AvgIpc) is 2.89. The van der Waals surface area contributed by atoms with Gasteiger partial charge in [0.05, 0.1) is 20.6 Å². The number of carbonyl (C=O) groups is 3. The van der Waals surface area contributed by atoms with E-state index < -0.39 is 12.0 Å². The highest BCUT2D eigenvalue weighted by atomic mass is 79.9. The van der Waals surface area contributed by atoms with Gasteiger partial charge in [-0.25, -0.2) is 4.79 Å². The lowest BCUT2D eigenvalue weighted by Crippen LogP contribution is -2.70. The maximum absolute atomic E-state index is 13.1. The van der Waals surface area contributed by atoms with Crippen molar-refractivity contribution in [2.45, 2.75) is 24.4 Å². The number of hydrogen-bond acceptors (Lipinski definition) is 7. The number of hydrogen-bond donors (Lipinski definition) is 1. The molecule has 10 heteroatoms. The van der Waals surface area contributed by atoms with Crippen LogP contribution in [0.2, 0.25) is 0 Å². The number of halogens is 1. The summed E-state index contributed by atoms with van der Waals surface area (Å²) in [5, 5.41) is 2.90. The number of thioether (sulfide) groups is 1. The lowest BCUT2D eigenvalue weighted by Gasteiger charge is -2.49. The van der Waals surface area contributed by atoms with Crippen LogP contribution in [0.5, 0.6) is 11.5 Å². The number of amides is 2. The molecule has 2 aliphatic rings. The first-order valence-corrected chi connectivity index (χ1v) is 13.1. The highest BCUT2D eigenvalue weighted by Gasteiger charge is 2.54. The van der Waals surface area contributed by atoms with E-state index in [9.17, 15) is 14.4 Å². The molecule has 2 aromatic rings. The third-order valence-corrected chi connectivity index (χ3v) is 7.72. The highest BCUT2D eigenvalue weighted by molar-refractivity contribution is 9.09. The fourth-order valence-corrected chi connectivity index (χ4v) is 6.02. The van der Waals surface area contributed by atoms with Crippen molar-refractivity contribution < 1.29 is 28.6 Å². The first-order valence-electron chi connectivity index (χ1n) is 10.9. The molecule has 2 aromatic carbocycles. The summed E-state index contributed by atoms with van der Waals surface area (Å²) in [4.78, 5) is 40.1. The number of benzene rings is 2. The van der Waals surface area contributed by atoms with Gasteiger partial charge in [-0.1, -0.05) is 46.3 Å². The molecule has 0 aromatic heterocycles. The van der Waals surface area contributed by atoms with Crippen molar-refractivity contribution in [1.82, 2.24) is 10.2 Å². The zero-order valence-electron chi connectivity index (χ0n) is 19.3. The molecular weight excluding hydrogens is 536 g/mol. The predicted molar refractivity (Wildman–Crippen MR) is 135 cm³/mol. The summed E-state index contributed by atoms with van der Waals surface area (Å²) in [5.41, 5.74) is 2.56. The van der Waals surface area contributed by atoms with Crippen LogP contribution < -0.4 is 14.8 Å². The molecule has 2 amide bonds. The number of rotatable bonds is 9. The van der Waals surface area contributed by atoms with Crippen molar-refractivity contribution in [1.29, 1.82) is 0 Å². The van der Waals surface area contributed by atoms with Crippen LogP contribution in [0.4, 0.5) is 0 Å². The van der Waals surface area contributed by atoms with Gasteiger partial charge in [-0.2, -0.15) is 0 Å². The van der Waals surface area contributed by atoms with Crippen molar-refractivity contribution in [3.63, 3.8) is 0 Å². The van der Waals surface area contributed by atoms with Crippen LogP contribution >= 0.6 is 27.7 Å². The molecule has 0 radical (unpaired) electrons. The minimum absolute atomic E-state index is 0.0114.